The summed E-state index contributed by atoms with van der Waals surface area (Å²) in [6.45, 7) is 8.32. The van der Waals surface area contributed by atoms with Crippen molar-refractivity contribution in [3.63, 3.8) is 0 Å². The number of carboxylic acid groups (broad SMARTS) is 2. The molecule has 6 rings (SSSR count). The van der Waals surface area contributed by atoms with E-state index in [0.717, 1.165) is 33.8 Å². The quantitative estimate of drug-likeness (QED) is 0.293. The number of aromatic nitrogens is 2. The number of aromatic carboxylic acids is 2. The molecule has 0 aliphatic rings. The van der Waals surface area contributed by atoms with Crippen LogP contribution in [0.15, 0.2) is 109 Å². The lowest BCUT2D eigenvalue weighted by Gasteiger charge is -1.98. The van der Waals surface area contributed by atoms with E-state index in [4.69, 9.17) is 11.5 Å². The van der Waals surface area contributed by atoms with Crippen LogP contribution in [0.1, 0.15) is 43.2 Å². The number of nitrogens with two attached hydrogens (primary N) is 2. The molecule has 2 aromatic heterocycles. The molecule has 0 spiro atoms. The van der Waals surface area contributed by atoms with Crippen molar-refractivity contribution in [2.24, 2.45) is 0 Å². The van der Waals surface area contributed by atoms with Crippen LogP contribution in [0.3, 0.4) is 0 Å². The number of aromatic amines is 2. The zero-order valence-corrected chi connectivity index (χ0v) is 25.2. The topological polar surface area (TPSA) is 161 Å². The average molecular weight is 589 g/mol. The molecule has 0 atom stereocenters. The number of aryl methyl sites for hydroxylation is 4. The Hall–Kier alpha value is -5.76. The third-order valence-electron chi connectivity index (χ3n) is 6.49. The van der Waals surface area contributed by atoms with Crippen molar-refractivity contribution in [3.8, 4) is 0 Å². The monoisotopic (exact) mass is 588 g/mol. The van der Waals surface area contributed by atoms with Gasteiger partial charge in [0.05, 0.1) is 11.9 Å². The molecule has 6 N–H and O–H groups in total. The third kappa shape index (κ3) is 9.66. The summed E-state index contributed by atoms with van der Waals surface area (Å²) in [5.41, 5.74) is 20.6. The van der Waals surface area contributed by atoms with Gasteiger partial charge in [0.25, 0.3) is 0 Å². The number of carboxylic acids is 2. The van der Waals surface area contributed by atoms with Crippen molar-refractivity contribution in [1.29, 1.82) is 0 Å². The lowest BCUT2D eigenvalue weighted by atomic mass is 10.1. The van der Waals surface area contributed by atoms with E-state index in [1.54, 1.807) is 36.4 Å². The highest BCUT2D eigenvalue weighted by atomic mass is 16.4. The van der Waals surface area contributed by atoms with Crippen LogP contribution >= 0.6 is 0 Å². The Kier molecular flexibility index (Phi) is 11.5. The fourth-order valence-corrected chi connectivity index (χ4v) is 4.47. The van der Waals surface area contributed by atoms with Crippen LogP contribution in [0.5, 0.6) is 0 Å². The largest absolute Gasteiger partial charge is 0.545 e. The van der Waals surface area contributed by atoms with Gasteiger partial charge in [-0.2, -0.15) is 0 Å². The molecule has 0 saturated heterocycles. The summed E-state index contributed by atoms with van der Waals surface area (Å²) in [6, 6.07) is 32.3. The molecule has 0 aliphatic heterocycles. The number of hydrogen-bond donors (Lipinski definition) is 2. The van der Waals surface area contributed by atoms with Gasteiger partial charge in [-0.05, 0) is 60.4 Å². The first-order valence-corrected chi connectivity index (χ1v) is 13.8. The zero-order valence-electron chi connectivity index (χ0n) is 25.2. The highest BCUT2D eigenvalue weighted by Gasteiger charge is 2.06. The summed E-state index contributed by atoms with van der Waals surface area (Å²) in [4.78, 5) is 26.8. The van der Waals surface area contributed by atoms with E-state index in [9.17, 15) is 19.8 Å². The highest BCUT2D eigenvalue weighted by Crippen LogP contribution is 2.18. The van der Waals surface area contributed by atoms with E-state index in [2.05, 4.69) is 61.9 Å². The summed E-state index contributed by atoms with van der Waals surface area (Å²) >= 11 is 0. The van der Waals surface area contributed by atoms with Gasteiger partial charge in [-0.3, -0.25) is 0 Å². The van der Waals surface area contributed by atoms with E-state index in [1.807, 2.05) is 24.3 Å². The predicted molar refractivity (Wildman–Crippen MR) is 170 cm³/mol. The minimum atomic E-state index is -1.13. The number of fused-ring (bicyclic) bond motifs is 2. The smallest absolute Gasteiger partial charge is 0.213 e. The second-order valence-corrected chi connectivity index (χ2v) is 10.2. The van der Waals surface area contributed by atoms with Gasteiger partial charge >= 0.3 is 0 Å². The Bertz CT molecular complexity index is 1730. The van der Waals surface area contributed by atoms with Gasteiger partial charge in [0, 0.05) is 60.3 Å². The first kappa shape index (κ1) is 32.8. The van der Waals surface area contributed by atoms with E-state index in [1.165, 1.54) is 46.2 Å². The van der Waals surface area contributed by atoms with E-state index in [0.29, 0.717) is 0 Å². The maximum atomic E-state index is 10.1. The van der Waals surface area contributed by atoms with Crippen LogP contribution in [-0.2, 0) is 0 Å². The molecule has 0 unspecified atom stereocenters. The van der Waals surface area contributed by atoms with Crippen LogP contribution in [0.4, 0.5) is 11.4 Å². The van der Waals surface area contributed by atoms with Crippen LogP contribution in [0, 0.1) is 27.7 Å². The Morgan fingerprint density at radius 1 is 0.523 bits per heavy atom. The Balaban J connectivity index is 0.000000163. The minimum absolute atomic E-state index is 0.220. The number of carbonyl (C=O) groups excluding carboxylic acids is 2. The molecular formula is C36H36N4O4. The second kappa shape index (κ2) is 15.5. The molecule has 0 bridgehead atoms. The maximum Gasteiger partial charge on any atom is 0.213 e. The van der Waals surface area contributed by atoms with Crippen molar-refractivity contribution in [2.75, 3.05) is 11.5 Å². The standard InChI is InChI=1S/2C11H12N2.2C7H6O2/c2*1-7-5-8(2)13-11-6-9(12)3-4-10(7)11;2*8-7(9)6-4-2-1-3-5-6/h2*3-6H,12H2,1-2H3;2*1-5H,(H,8,9). The summed E-state index contributed by atoms with van der Waals surface area (Å²) in [6.07, 6.45) is 0. The van der Waals surface area contributed by atoms with Gasteiger partial charge < -0.3 is 31.3 Å². The van der Waals surface area contributed by atoms with Crippen LogP contribution in [0.2, 0.25) is 0 Å². The van der Waals surface area contributed by atoms with E-state index >= 15 is 0 Å². The van der Waals surface area contributed by atoms with Gasteiger partial charge in [0.15, 0.2) is 11.4 Å². The van der Waals surface area contributed by atoms with Crippen LogP contribution in [0.25, 0.3) is 21.8 Å². The molecule has 2 heterocycles. The highest BCUT2D eigenvalue weighted by molar-refractivity contribution is 5.86. The number of nitrogens with one attached hydrogen (secondary N) is 2. The number of anilines is 2. The van der Waals surface area contributed by atoms with Crippen molar-refractivity contribution in [1.82, 2.24) is 0 Å². The molecular weight excluding hydrogens is 552 g/mol. The second-order valence-electron chi connectivity index (χ2n) is 10.2. The molecule has 0 amide bonds. The zero-order chi connectivity index (χ0) is 32.2. The van der Waals surface area contributed by atoms with E-state index in [-0.39, 0.29) is 11.1 Å². The molecule has 0 aliphatic carbocycles. The lowest BCUT2D eigenvalue weighted by molar-refractivity contribution is -0.355. The fourth-order valence-electron chi connectivity index (χ4n) is 4.47. The first-order valence-electron chi connectivity index (χ1n) is 13.8. The van der Waals surface area contributed by atoms with Crippen molar-refractivity contribution >= 4 is 45.1 Å². The third-order valence-corrected chi connectivity index (χ3v) is 6.49. The molecule has 0 saturated carbocycles. The van der Waals surface area contributed by atoms with Gasteiger partial charge in [0.1, 0.15) is 0 Å². The average Bonchev–Trinajstić information content (AvgIpc) is 2.98. The van der Waals surface area contributed by atoms with Crippen molar-refractivity contribution < 1.29 is 29.8 Å². The predicted octanol–water partition coefficient (Wildman–Crippen LogP) is 3.81. The maximum absolute atomic E-state index is 10.1. The Labute approximate surface area is 256 Å². The molecule has 8 nitrogen and oxygen atoms in total. The number of benzene rings is 4. The van der Waals surface area contributed by atoms with Gasteiger partial charge in [0.2, 0.25) is 11.0 Å². The molecule has 6 aromatic rings. The summed E-state index contributed by atoms with van der Waals surface area (Å²) in [7, 11) is 0. The number of carbonyl (C=O) groups is 2. The SMILES string of the molecule is Cc1cc(C)c2ccc(N)cc2[nH+]1.Cc1cc(C)c2ccc(N)cc2[nH+]1.O=C([O-])c1ccccc1.O=C([O-])c1ccccc1. The molecule has 0 fully saturated rings. The number of rotatable bonds is 2. The number of pyridine rings is 2. The normalized spacial score (nSPS) is 9.91. The van der Waals surface area contributed by atoms with Crippen LogP contribution < -0.4 is 31.6 Å². The van der Waals surface area contributed by atoms with Crippen LogP contribution in [-0.4, -0.2) is 11.9 Å². The molecule has 224 valence electrons. The van der Waals surface area contributed by atoms with Gasteiger partial charge in [-0.15, -0.1) is 0 Å². The number of H-pyrrole nitrogens is 2. The minimum Gasteiger partial charge on any atom is -0.545 e. The summed E-state index contributed by atoms with van der Waals surface area (Å²) in [5, 5.41) is 22.7. The summed E-state index contributed by atoms with van der Waals surface area (Å²) < 4.78 is 0. The van der Waals surface area contributed by atoms with Crippen molar-refractivity contribution in [3.05, 3.63) is 143 Å². The van der Waals surface area contributed by atoms with Crippen molar-refractivity contribution in [2.45, 2.75) is 27.7 Å². The molecule has 0 radical (unpaired) electrons. The summed E-state index contributed by atoms with van der Waals surface area (Å²) in [5.74, 6) is -2.26. The number of hydrogen-bond acceptors (Lipinski definition) is 6. The molecule has 44 heavy (non-hydrogen) atoms. The Morgan fingerprint density at radius 3 is 1.16 bits per heavy atom. The molecule has 4 aromatic carbocycles. The van der Waals surface area contributed by atoms with Gasteiger partial charge in [-0.25, -0.2) is 9.97 Å². The van der Waals surface area contributed by atoms with Gasteiger partial charge in [-0.1, -0.05) is 60.7 Å². The number of nitrogen functional groups attached to an aromatic ring is 2. The fraction of sp³-hybridized carbons (Fsp3) is 0.111. The lowest BCUT2D eigenvalue weighted by Crippen LogP contribution is -2.21. The molecule has 8 heteroatoms. The van der Waals surface area contributed by atoms with E-state index < -0.39 is 11.9 Å². The first-order chi connectivity index (χ1) is 20.9. The Morgan fingerprint density at radius 2 is 0.864 bits per heavy atom.